The Balaban J connectivity index is 2.93. The molecule has 1 unspecified atom stereocenters. The lowest BCUT2D eigenvalue weighted by Crippen LogP contribution is -2.11. The first-order valence-corrected chi connectivity index (χ1v) is 5.13. The zero-order valence-corrected chi connectivity index (χ0v) is 9.38. The Hall–Kier alpha value is -1.88. The summed E-state index contributed by atoms with van der Waals surface area (Å²) in [5, 5.41) is 26.7. The lowest BCUT2D eigenvalue weighted by atomic mass is 10.00. The van der Waals surface area contributed by atoms with E-state index in [9.17, 15) is 14.7 Å². The Bertz CT molecular complexity index is 439. The van der Waals surface area contributed by atoms with Gasteiger partial charge in [-0.05, 0) is 24.5 Å². The molecule has 0 fully saturated rings. The van der Waals surface area contributed by atoms with Crippen LogP contribution < -0.4 is 0 Å². The van der Waals surface area contributed by atoms with E-state index >= 15 is 0 Å². The molecule has 1 aromatic rings. The minimum absolute atomic E-state index is 0.0218. The largest absolute Gasteiger partial charge is 0.481 e. The number of hydrogen-bond donors (Lipinski definition) is 3. The van der Waals surface area contributed by atoms with E-state index in [4.69, 9.17) is 10.2 Å². The Morgan fingerprint density at radius 3 is 2.41 bits per heavy atom. The van der Waals surface area contributed by atoms with Gasteiger partial charge in [0.25, 0.3) is 0 Å². The number of carbonyl (C=O) groups is 2. The molecule has 5 heteroatoms. The van der Waals surface area contributed by atoms with Gasteiger partial charge in [-0.2, -0.15) is 0 Å². The van der Waals surface area contributed by atoms with Crippen molar-refractivity contribution in [3.05, 3.63) is 34.9 Å². The van der Waals surface area contributed by atoms with Crippen molar-refractivity contribution < 1.29 is 24.9 Å². The van der Waals surface area contributed by atoms with E-state index in [1.165, 1.54) is 6.07 Å². The smallest absolute Gasteiger partial charge is 0.337 e. The summed E-state index contributed by atoms with van der Waals surface area (Å²) in [6.45, 7) is 1.77. The first kappa shape index (κ1) is 13.2. The average molecular weight is 238 g/mol. The first-order valence-electron chi connectivity index (χ1n) is 5.13. The zero-order chi connectivity index (χ0) is 13.0. The van der Waals surface area contributed by atoms with Gasteiger partial charge in [0.1, 0.15) is 0 Å². The number of carboxylic acid groups (broad SMARTS) is 2. The van der Waals surface area contributed by atoms with Gasteiger partial charge in [0.15, 0.2) is 6.10 Å². The molecule has 5 nitrogen and oxygen atoms in total. The zero-order valence-electron chi connectivity index (χ0n) is 9.38. The molecule has 1 atom stereocenters. The van der Waals surface area contributed by atoms with Crippen LogP contribution in [0, 0.1) is 6.92 Å². The predicted molar refractivity (Wildman–Crippen MR) is 59.7 cm³/mol. The summed E-state index contributed by atoms with van der Waals surface area (Å²) in [7, 11) is 0. The maximum absolute atomic E-state index is 10.6. The summed E-state index contributed by atoms with van der Waals surface area (Å²) < 4.78 is 0. The van der Waals surface area contributed by atoms with Crippen molar-refractivity contribution in [1.82, 2.24) is 0 Å². The van der Waals surface area contributed by atoms with Gasteiger partial charge in [0.05, 0.1) is 0 Å². The van der Waals surface area contributed by atoms with Crippen LogP contribution in [0.3, 0.4) is 0 Å². The fourth-order valence-electron chi connectivity index (χ4n) is 1.59. The lowest BCUT2D eigenvalue weighted by Gasteiger charge is -2.09. The van der Waals surface area contributed by atoms with Crippen molar-refractivity contribution in [2.45, 2.75) is 25.9 Å². The number of benzene rings is 1. The van der Waals surface area contributed by atoms with E-state index in [-0.39, 0.29) is 12.0 Å². The number of aliphatic hydroxyl groups excluding tert-OH is 1. The van der Waals surface area contributed by atoms with E-state index < -0.39 is 18.0 Å². The lowest BCUT2D eigenvalue weighted by molar-refractivity contribution is -0.147. The molecule has 3 N–H and O–H groups in total. The summed E-state index contributed by atoms with van der Waals surface area (Å²) in [5.74, 6) is -2.23. The predicted octanol–water partition coefficient (Wildman–Crippen LogP) is 1.13. The van der Waals surface area contributed by atoms with Crippen LogP contribution in [0.25, 0.3) is 0 Å². The fourth-order valence-corrected chi connectivity index (χ4v) is 1.59. The average Bonchev–Trinajstić information content (AvgIpc) is 2.24. The molecule has 0 bridgehead atoms. The van der Waals surface area contributed by atoms with Crippen molar-refractivity contribution in [2.24, 2.45) is 0 Å². The SMILES string of the molecule is Cc1cc(CCC(=O)O)cc(C(O)C(=O)O)c1. The molecule has 0 spiro atoms. The van der Waals surface area contributed by atoms with Gasteiger partial charge in [-0.1, -0.05) is 23.8 Å². The third kappa shape index (κ3) is 3.88. The molecular weight excluding hydrogens is 224 g/mol. The number of carboxylic acids is 2. The molecule has 1 rings (SSSR count). The van der Waals surface area contributed by atoms with Crippen molar-refractivity contribution in [3.8, 4) is 0 Å². The molecule has 0 heterocycles. The highest BCUT2D eigenvalue weighted by atomic mass is 16.4. The van der Waals surface area contributed by atoms with E-state index in [2.05, 4.69) is 0 Å². The number of rotatable bonds is 5. The molecule has 0 aromatic heterocycles. The molecule has 1 aromatic carbocycles. The number of aliphatic carboxylic acids is 2. The number of hydrogen-bond acceptors (Lipinski definition) is 3. The van der Waals surface area contributed by atoms with E-state index in [0.29, 0.717) is 12.0 Å². The first-order chi connectivity index (χ1) is 7.90. The van der Waals surface area contributed by atoms with Crippen LogP contribution in [0.1, 0.15) is 29.2 Å². The van der Waals surface area contributed by atoms with Crippen LogP contribution in [0.4, 0.5) is 0 Å². The summed E-state index contributed by atoms with van der Waals surface area (Å²) in [6, 6.07) is 4.87. The minimum Gasteiger partial charge on any atom is -0.481 e. The monoisotopic (exact) mass is 238 g/mol. The van der Waals surface area contributed by atoms with Crippen LogP contribution in [-0.2, 0) is 16.0 Å². The van der Waals surface area contributed by atoms with Gasteiger partial charge >= 0.3 is 11.9 Å². The number of aliphatic hydroxyl groups is 1. The highest BCUT2D eigenvalue weighted by Crippen LogP contribution is 2.18. The standard InChI is InChI=1S/C12H14O5/c1-7-4-8(2-3-10(13)14)6-9(5-7)11(15)12(16)17/h4-6,11,15H,2-3H2,1H3,(H,13,14)(H,16,17). The fraction of sp³-hybridized carbons (Fsp3) is 0.333. The van der Waals surface area contributed by atoms with Crippen LogP contribution in [0.15, 0.2) is 18.2 Å². The van der Waals surface area contributed by atoms with Gasteiger partial charge in [0, 0.05) is 6.42 Å². The van der Waals surface area contributed by atoms with E-state index in [1.807, 2.05) is 0 Å². The summed E-state index contributed by atoms with van der Waals surface area (Å²) in [6.07, 6.45) is -1.28. The molecule has 17 heavy (non-hydrogen) atoms. The third-order valence-corrected chi connectivity index (χ3v) is 2.34. The van der Waals surface area contributed by atoms with Gasteiger partial charge in [-0.25, -0.2) is 4.79 Å². The summed E-state index contributed by atoms with van der Waals surface area (Å²) >= 11 is 0. The van der Waals surface area contributed by atoms with Gasteiger partial charge in [-0.3, -0.25) is 4.79 Å². The van der Waals surface area contributed by atoms with Crippen LogP contribution in [0.2, 0.25) is 0 Å². The highest BCUT2D eigenvalue weighted by Gasteiger charge is 2.16. The van der Waals surface area contributed by atoms with E-state index in [1.54, 1.807) is 19.1 Å². The Morgan fingerprint density at radius 2 is 1.88 bits per heavy atom. The van der Waals surface area contributed by atoms with Crippen LogP contribution in [-0.4, -0.2) is 27.3 Å². The molecule has 0 aliphatic carbocycles. The van der Waals surface area contributed by atoms with Crippen LogP contribution in [0.5, 0.6) is 0 Å². The topological polar surface area (TPSA) is 94.8 Å². The molecule has 0 aliphatic rings. The molecule has 0 saturated heterocycles. The van der Waals surface area contributed by atoms with Crippen LogP contribution >= 0.6 is 0 Å². The number of aryl methyl sites for hydroxylation is 2. The van der Waals surface area contributed by atoms with Crippen molar-refractivity contribution >= 4 is 11.9 Å². The second-order valence-electron chi connectivity index (χ2n) is 3.89. The van der Waals surface area contributed by atoms with Gasteiger partial charge in [0.2, 0.25) is 0 Å². The van der Waals surface area contributed by atoms with Crippen molar-refractivity contribution in [2.75, 3.05) is 0 Å². The maximum Gasteiger partial charge on any atom is 0.337 e. The Labute approximate surface area is 98.3 Å². The van der Waals surface area contributed by atoms with Crippen molar-refractivity contribution in [3.63, 3.8) is 0 Å². The molecule has 0 amide bonds. The van der Waals surface area contributed by atoms with Crippen molar-refractivity contribution in [1.29, 1.82) is 0 Å². The highest BCUT2D eigenvalue weighted by molar-refractivity contribution is 5.74. The minimum atomic E-state index is -1.57. The molecular formula is C12H14O5. The Kier molecular flexibility index (Phi) is 4.23. The Morgan fingerprint density at radius 1 is 1.24 bits per heavy atom. The third-order valence-electron chi connectivity index (χ3n) is 2.34. The second kappa shape index (κ2) is 5.45. The molecule has 92 valence electrons. The molecule has 0 saturated carbocycles. The van der Waals surface area contributed by atoms with Gasteiger partial charge in [-0.15, -0.1) is 0 Å². The molecule has 0 aliphatic heterocycles. The maximum atomic E-state index is 10.6. The summed E-state index contributed by atoms with van der Waals surface area (Å²) in [5.41, 5.74) is 1.78. The van der Waals surface area contributed by atoms with E-state index in [0.717, 1.165) is 5.56 Å². The van der Waals surface area contributed by atoms with Gasteiger partial charge < -0.3 is 15.3 Å². The second-order valence-corrected chi connectivity index (χ2v) is 3.89. The normalized spacial score (nSPS) is 12.1. The quantitative estimate of drug-likeness (QED) is 0.714. The molecule has 0 radical (unpaired) electrons. The summed E-state index contributed by atoms with van der Waals surface area (Å²) in [4.78, 5) is 21.1.